The van der Waals surface area contributed by atoms with Crippen molar-refractivity contribution in [2.45, 2.75) is 25.7 Å². The molecule has 1 aliphatic heterocycles. The number of ether oxygens (including phenoxy) is 1. The van der Waals surface area contributed by atoms with Crippen molar-refractivity contribution < 1.29 is 14.6 Å². The lowest BCUT2D eigenvalue weighted by Gasteiger charge is -2.29. The Kier molecular flexibility index (Phi) is 2.48. The van der Waals surface area contributed by atoms with Crippen molar-refractivity contribution in [2.24, 2.45) is 0 Å². The first kappa shape index (κ1) is 11.1. The number of nitrogens with zero attached hydrogens (tertiary/aromatic N) is 1. The summed E-state index contributed by atoms with van der Waals surface area (Å²) in [7, 11) is 1.53. The average molecular weight is 221 g/mol. The first-order valence-electron chi connectivity index (χ1n) is 5.15. The van der Waals surface area contributed by atoms with Crippen molar-refractivity contribution in [3.8, 4) is 0 Å². The van der Waals surface area contributed by atoms with Gasteiger partial charge in [0.15, 0.2) is 6.23 Å². The lowest BCUT2D eigenvalue weighted by Crippen LogP contribution is -2.46. The predicted octanol–water partition coefficient (Wildman–Crippen LogP) is 1.23. The molecule has 86 valence electrons. The molecule has 0 aliphatic carbocycles. The molecule has 1 N–H and O–H groups in total. The number of aliphatic hydroxyl groups is 1. The summed E-state index contributed by atoms with van der Waals surface area (Å²) in [5, 5.41) is 10.2. The van der Waals surface area contributed by atoms with E-state index in [1.54, 1.807) is 6.92 Å². The summed E-state index contributed by atoms with van der Waals surface area (Å²) in [6.07, 6.45) is -0.979. The van der Waals surface area contributed by atoms with E-state index in [2.05, 4.69) is 0 Å². The Morgan fingerprint density at radius 2 is 2.12 bits per heavy atom. The summed E-state index contributed by atoms with van der Waals surface area (Å²) in [5.74, 6) is -0.194. The molecule has 4 nitrogen and oxygen atoms in total. The number of carbonyl (C=O) groups is 1. The monoisotopic (exact) mass is 221 g/mol. The molecule has 0 aromatic heterocycles. The summed E-state index contributed by atoms with van der Waals surface area (Å²) < 4.78 is 5.37. The zero-order valence-corrected chi connectivity index (χ0v) is 9.60. The van der Waals surface area contributed by atoms with Gasteiger partial charge in [0.05, 0.1) is 5.69 Å². The molecular formula is C12H15NO3. The van der Waals surface area contributed by atoms with E-state index in [-0.39, 0.29) is 5.91 Å². The summed E-state index contributed by atoms with van der Waals surface area (Å²) >= 11 is 0. The van der Waals surface area contributed by atoms with Crippen molar-refractivity contribution in [3.05, 3.63) is 29.8 Å². The van der Waals surface area contributed by atoms with Crippen LogP contribution in [0.1, 0.15) is 19.4 Å². The second kappa shape index (κ2) is 3.57. The Bertz CT molecular complexity index is 432. The maximum absolute atomic E-state index is 11.5. The normalized spacial score (nSPS) is 28.0. The second-order valence-corrected chi connectivity index (χ2v) is 4.09. The minimum atomic E-state index is -0.979. The molecule has 0 spiro atoms. The topological polar surface area (TPSA) is 49.8 Å². The first-order chi connectivity index (χ1) is 7.52. The van der Waals surface area contributed by atoms with Gasteiger partial charge in [-0.05, 0) is 13.0 Å². The fourth-order valence-electron chi connectivity index (χ4n) is 2.18. The molecule has 2 rings (SSSR count). The van der Waals surface area contributed by atoms with Gasteiger partial charge >= 0.3 is 0 Å². The van der Waals surface area contributed by atoms with Gasteiger partial charge in [0.1, 0.15) is 5.60 Å². The van der Waals surface area contributed by atoms with E-state index in [1.807, 2.05) is 24.3 Å². The molecule has 1 aromatic carbocycles. The molecule has 0 saturated heterocycles. The number of fused-ring (bicyclic) bond motifs is 1. The standard InChI is InChI=1S/C12H15NO3/c1-8(14)13-10-7-5-4-6-9(10)12(2,16-3)11(13)15/h4-7,11,15H,1-3H3/t11-,12+/m1/s1. The molecule has 0 unspecified atom stereocenters. The van der Waals surface area contributed by atoms with Crippen LogP contribution in [0.25, 0.3) is 0 Å². The van der Waals surface area contributed by atoms with E-state index >= 15 is 0 Å². The third kappa shape index (κ3) is 1.27. The molecule has 0 radical (unpaired) electrons. The third-order valence-corrected chi connectivity index (χ3v) is 3.20. The van der Waals surface area contributed by atoms with Gasteiger partial charge in [-0.25, -0.2) is 0 Å². The number of anilines is 1. The zero-order valence-electron chi connectivity index (χ0n) is 9.60. The number of methoxy groups -OCH3 is 1. The van der Waals surface area contributed by atoms with Crippen LogP contribution in [-0.2, 0) is 15.1 Å². The SMILES string of the molecule is CO[C@@]1(C)c2ccccc2N(C(C)=O)[C@@H]1O. The van der Waals surface area contributed by atoms with Crippen molar-refractivity contribution in [3.63, 3.8) is 0 Å². The molecule has 1 heterocycles. The first-order valence-corrected chi connectivity index (χ1v) is 5.15. The minimum Gasteiger partial charge on any atom is -0.370 e. The summed E-state index contributed by atoms with van der Waals surface area (Å²) in [5.41, 5.74) is 0.689. The van der Waals surface area contributed by atoms with Crippen LogP contribution in [0.4, 0.5) is 5.69 Å². The predicted molar refractivity (Wildman–Crippen MR) is 60.0 cm³/mol. The number of para-hydroxylation sites is 1. The highest BCUT2D eigenvalue weighted by Crippen LogP contribution is 2.44. The molecule has 4 heteroatoms. The van der Waals surface area contributed by atoms with Gasteiger partial charge in [0.25, 0.3) is 0 Å². The largest absolute Gasteiger partial charge is 0.370 e. The Balaban J connectivity index is 2.62. The van der Waals surface area contributed by atoms with Crippen LogP contribution >= 0.6 is 0 Å². The zero-order chi connectivity index (χ0) is 11.9. The van der Waals surface area contributed by atoms with E-state index in [0.29, 0.717) is 5.69 Å². The Hall–Kier alpha value is -1.39. The molecule has 1 aromatic rings. The Labute approximate surface area is 94.4 Å². The van der Waals surface area contributed by atoms with Crippen LogP contribution in [0.2, 0.25) is 0 Å². The molecular weight excluding hydrogens is 206 g/mol. The molecule has 0 bridgehead atoms. The van der Waals surface area contributed by atoms with Gasteiger partial charge < -0.3 is 9.84 Å². The van der Waals surface area contributed by atoms with Crippen LogP contribution in [0.3, 0.4) is 0 Å². The average Bonchev–Trinajstić information content (AvgIpc) is 2.50. The second-order valence-electron chi connectivity index (χ2n) is 4.09. The summed E-state index contributed by atoms with van der Waals surface area (Å²) in [6, 6.07) is 7.38. The number of carbonyl (C=O) groups excluding carboxylic acids is 1. The van der Waals surface area contributed by atoms with Crippen molar-refractivity contribution in [1.82, 2.24) is 0 Å². The molecule has 16 heavy (non-hydrogen) atoms. The molecule has 0 saturated carbocycles. The minimum absolute atomic E-state index is 0.194. The summed E-state index contributed by atoms with van der Waals surface area (Å²) in [6.45, 7) is 3.21. The Morgan fingerprint density at radius 3 is 2.69 bits per heavy atom. The van der Waals surface area contributed by atoms with Gasteiger partial charge in [0.2, 0.25) is 5.91 Å². The fraction of sp³-hybridized carbons (Fsp3) is 0.417. The number of hydrogen-bond donors (Lipinski definition) is 1. The van der Waals surface area contributed by atoms with E-state index in [9.17, 15) is 9.90 Å². The summed E-state index contributed by atoms with van der Waals surface area (Å²) in [4.78, 5) is 12.9. The van der Waals surface area contributed by atoms with Crippen molar-refractivity contribution >= 4 is 11.6 Å². The maximum Gasteiger partial charge on any atom is 0.226 e. The molecule has 0 fully saturated rings. The van der Waals surface area contributed by atoms with E-state index in [0.717, 1.165) is 5.56 Å². The number of aliphatic hydroxyl groups excluding tert-OH is 1. The number of benzene rings is 1. The number of amides is 1. The lowest BCUT2D eigenvalue weighted by atomic mass is 9.97. The molecule has 2 atom stereocenters. The van der Waals surface area contributed by atoms with E-state index in [1.165, 1.54) is 18.9 Å². The quantitative estimate of drug-likeness (QED) is 0.776. The van der Waals surface area contributed by atoms with E-state index < -0.39 is 11.8 Å². The highest BCUT2D eigenvalue weighted by molar-refractivity contribution is 5.95. The lowest BCUT2D eigenvalue weighted by molar-refractivity contribution is -0.125. The van der Waals surface area contributed by atoms with Crippen molar-refractivity contribution in [1.29, 1.82) is 0 Å². The van der Waals surface area contributed by atoms with Gasteiger partial charge in [-0.15, -0.1) is 0 Å². The van der Waals surface area contributed by atoms with Crippen LogP contribution in [0.15, 0.2) is 24.3 Å². The Morgan fingerprint density at radius 1 is 1.50 bits per heavy atom. The number of rotatable bonds is 1. The maximum atomic E-state index is 11.5. The molecule has 1 amide bonds. The van der Waals surface area contributed by atoms with Gasteiger partial charge in [-0.2, -0.15) is 0 Å². The van der Waals surface area contributed by atoms with Gasteiger partial charge in [-0.1, -0.05) is 18.2 Å². The van der Waals surface area contributed by atoms with Gasteiger partial charge in [-0.3, -0.25) is 9.69 Å². The van der Waals surface area contributed by atoms with Crippen LogP contribution in [-0.4, -0.2) is 24.4 Å². The van der Waals surface area contributed by atoms with Crippen LogP contribution in [0, 0.1) is 0 Å². The van der Waals surface area contributed by atoms with Gasteiger partial charge in [0, 0.05) is 19.6 Å². The van der Waals surface area contributed by atoms with E-state index in [4.69, 9.17) is 4.74 Å². The number of hydrogen-bond acceptors (Lipinski definition) is 3. The van der Waals surface area contributed by atoms with Crippen LogP contribution < -0.4 is 4.90 Å². The third-order valence-electron chi connectivity index (χ3n) is 3.20. The highest BCUT2D eigenvalue weighted by Gasteiger charge is 2.48. The smallest absolute Gasteiger partial charge is 0.226 e. The van der Waals surface area contributed by atoms with Crippen LogP contribution in [0.5, 0.6) is 0 Å². The fourth-order valence-corrected chi connectivity index (χ4v) is 2.18. The highest BCUT2D eigenvalue weighted by atomic mass is 16.5. The van der Waals surface area contributed by atoms with Crippen molar-refractivity contribution in [2.75, 3.05) is 12.0 Å². The molecule has 1 aliphatic rings.